The van der Waals surface area contributed by atoms with E-state index in [0.717, 1.165) is 63.8 Å². The molecule has 0 spiro atoms. The molecule has 0 amide bonds. The van der Waals surface area contributed by atoms with Crippen LogP contribution in [-0.2, 0) is 0 Å². The first-order valence-corrected chi connectivity index (χ1v) is 14.3. The minimum atomic E-state index is 0.856. The lowest BCUT2D eigenvalue weighted by Gasteiger charge is -1.94. The van der Waals surface area contributed by atoms with Crippen molar-refractivity contribution in [3.8, 4) is 63.8 Å². The molecule has 35 heavy (non-hydrogen) atoms. The SMILES string of the molecule is c1csc(-c2ccc(-c3ccc(-c4ccc(-c5ccc(-c6ccc(-c7cccs7)o6)s5)o4)s3)o2)c1. The summed E-state index contributed by atoms with van der Waals surface area (Å²) in [6, 6.07) is 28.8. The predicted molar refractivity (Wildman–Crippen MR) is 147 cm³/mol. The molecular weight excluding hydrogens is 513 g/mol. The third-order valence-electron chi connectivity index (χ3n) is 5.53. The lowest BCUT2D eigenvalue weighted by Crippen LogP contribution is -1.64. The van der Waals surface area contributed by atoms with E-state index in [0.29, 0.717) is 0 Å². The molecule has 0 atom stereocenters. The maximum Gasteiger partial charge on any atom is 0.144 e. The van der Waals surface area contributed by atoms with E-state index in [4.69, 9.17) is 13.3 Å². The molecule has 0 fully saturated rings. The lowest BCUT2D eigenvalue weighted by molar-refractivity contribution is 0.600. The Labute approximate surface area is 217 Å². The summed E-state index contributed by atoms with van der Waals surface area (Å²) in [4.78, 5) is 6.58. The van der Waals surface area contributed by atoms with Gasteiger partial charge in [-0.3, -0.25) is 0 Å². The molecule has 0 bridgehead atoms. The highest BCUT2D eigenvalue weighted by atomic mass is 32.1. The summed E-state index contributed by atoms with van der Waals surface area (Å²) >= 11 is 6.69. The van der Waals surface area contributed by atoms with Crippen LogP contribution in [0.4, 0.5) is 0 Å². The van der Waals surface area contributed by atoms with E-state index in [-0.39, 0.29) is 0 Å². The molecule has 7 heteroatoms. The molecule has 0 aliphatic rings. The second-order valence-electron chi connectivity index (χ2n) is 7.77. The molecule has 0 saturated carbocycles. The number of furan rings is 3. The largest absolute Gasteiger partial charge is 0.454 e. The maximum atomic E-state index is 6.25. The van der Waals surface area contributed by atoms with Crippen LogP contribution in [0.5, 0.6) is 0 Å². The zero-order chi connectivity index (χ0) is 23.2. The van der Waals surface area contributed by atoms with Gasteiger partial charge >= 0.3 is 0 Å². The fraction of sp³-hybridized carbons (Fsp3) is 0. The molecule has 0 aromatic carbocycles. The van der Waals surface area contributed by atoms with Crippen molar-refractivity contribution in [1.82, 2.24) is 0 Å². The van der Waals surface area contributed by atoms with Gasteiger partial charge in [0.05, 0.1) is 29.3 Å². The van der Waals surface area contributed by atoms with Crippen LogP contribution < -0.4 is 0 Å². The van der Waals surface area contributed by atoms with E-state index in [2.05, 4.69) is 47.2 Å². The Morgan fingerprint density at radius 3 is 0.943 bits per heavy atom. The Morgan fingerprint density at radius 2 is 0.657 bits per heavy atom. The predicted octanol–water partition coefficient (Wildman–Crippen LogP) is 10.7. The molecule has 0 aliphatic carbocycles. The summed E-state index contributed by atoms with van der Waals surface area (Å²) in [7, 11) is 0. The normalized spacial score (nSPS) is 11.4. The van der Waals surface area contributed by atoms with Crippen molar-refractivity contribution >= 4 is 45.3 Å². The lowest BCUT2D eigenvalue weighted by atomic mass is 10.3. The summed E-state index contributed by atoms with van der Waals surface area (Å²) in [5, 5.41) is 4.12. The fourth-order valence-corrected chi connectivity index (χ4v) is 7.08. The Bertz CT molecular complexity index is 1580. The van der Waals surface area contributed by atoms with Gasteiger partial charge in [-0.05, 0) is 83.6 Å². The monoisotopic (exact) mass is 528 g/mol. The van der Waals surface area contributed by atoms with E-state index in [9.17, 15) is 0 Å². The standard InChI is InChI=1S/C28H16O3S4/c1-3-23(32-15-1)17-5-7-19(29-17)25-11-13-27(34-25)21-9-10-22(31-21)28-14-12-26(35-28)20-8-6-18(30-20)24-4-2-16-33-24/h1-16H. The van der Waals surface area contributed by atoms with Crippen molar-refractivity contribution in [2.45, 2.75) is 0 Å². The van der Waals surface area contributed by atoms with Crippen LogP contribution in [0.2, 0.25) is 0 Å². The number of thiophene rings is 4. The van der Waals surface area contributed by atoms with Gasteiger partial charge in [-0.2, -0.15) is 0 Å². The molecule has 7 aromatic heterocycles. The minimum absolute atomic E-state index is 0.856. The molecule has 0 aliphatic heterocycles. The first-order chi connectivity index (χ1) is 17.3. The van der Waals surface area contributed by atoms with Crippen molar-refractivity contribution in [2.24, 2.45) is 0 Å². The Kier molecular flexibility index (Phi) is 5.21. The van der Waals surface area contributed by atoms with Crippen molar-refractivity contribution in [1.29, 1.82) is 0 Å². The van der Waals surface area contributed by atoms with Gasteiger partial charge in [0.25, 0.3) is 0 Å². The minimum Gasteiger partial charge on any atom is -0.454 e. The zero-order valence-corrected chi connectivity index (χ0v) is 21.4. The zero-order valence-electron chi connectivity index (χ0n) is 18.1. The summed E-state index contributed by atoms with van der Waals surface area (Å²) < 4.78 is 18.4. The molecule has 0 radical (unpaired) electrons. The third-order valence-corrected chi connectivity index (χ3v) is 9.53. The van der Waals surface area contributed by atoms with Gasteiger partial charge < -0.3 is 13.3 Å². The first kappa shape index (κ1) is 21.0. The second-order valence-corrected chi connectivity index (χ2v) is 11.8. The number of hydrogen-bond acceptors (Lipinski definition) is 7. The summed E-state index contributed by atoms with van der Waals surface area (Å²) in [6.45, 7) is 0. The fourth-order valence-electron chi connectivity index (χ4n) is 3.85. The van der Waals surface area contributed by atoms with Crippen LogP contribution in [0.15, 0.2) is 109 Å². The van der Waals surface area contributed by atoms with Crippen LogP contribution in [0.25, 0.3) is 63.8 Å². The smallest absolute Gasteiger partial charge is 0.144 e. The van der Waals surface area contributed by atoms with Crippen molar-refractivity contribution in [3.63, 3.8) is 0 Å². The highest BCUT2D eigenvalue weighted by Gasteiger charge is 2.16. The molecule has 7 heterocycles. The summed E-state index contributed by atoms with van der Waals surface area (Å²) in [5.41, 5.74) is 0. The van der Waals surface area contributed by atoms with Crippen LogP contribution in [0.1, 0.15) is 0 Å². The summed E-state index contributed by atoms with van der Waals surface area (Å²) in [6.07, 6.45) is 0. The highest BCUT2D eigenvalue weighted by Crippen LogP contribution is 2.42. The quantitative estimate of drug-likeness (QED) is 0.215. The maximum absolute atomic E-state index is 6.25. The van der Waals surface area contributed by atoms with Gasteiger partial charge in [0.2, 0.25) is 0 Å². The molecule has 0 saturated heterocycles. The van der Waals surface area contributed by atoms with Crippen molar-refractivity contribution in [3.05, 3.63) is 95.7 Å². The third kappa shape index (κ3) is 3.96. The van der Waals surface area contributed by atoms with Gasteiger partial charge in [0.1, 0.15) is 34.6 Å². The van der Waals surface area contributed by atoms with E-state index < -0.39 is 0 Å². The Balaban J connectivity index is 1.11. The van der Waals surface area contributed by atoms with Crippen LogP contribution >= 0.6 is 45.3 Å². The van der Waals surface area contributed by atoms with Crippen molar-refractivity contribution in [2.75, 3.05) is 0 Å². The first-order valence-electron chi connectivity index (χ1n) is 10.9. The molecule has 3 nitrogen and oxygen atoms in total. The molecular formula is C28H16O3S4. The number of hydrogen-bond donors (Lipinski definition) is 0. The van der Waals surface area contributed by atoms with E-state index >= 15 is 0 Å². The van der Waals surface area contributed by atoms with Gasteiger partial charge in [-0.1, -0.05) is 12.1 Å². The Morgan fingerprint density at radius 1 is 0.343 bits per heavy atom. The van der Waals surface area contributed by atoms with Gasteiger partial charge in [-0.25, -0.2) is 0 Å². The van der Waals surface area contributed by atoms with Gasteiger partial charge in [0.15, 0.2) is 0 Å². The number of rotatable bonds is 6. The molecule has 7 rings (SSSR count). The van der Waals surface area contributed by atoms with Gasteiger partial charge in [0, 0.05) is 0 Å². The van der Waals surface area contributed by atoms with Crippen molar-refractivity contribution < 1.29 is 13.3 Å². The van der Waals surface area contributed by atoms with E-state index in [1.165, 1.54) is 0 Å². The molecule has 0 N–H and O–H groups in total. The van der Waals surface area contributed by atoms with E-state index in [1.54, 1.807) is 45.3 Å². The van der Waals surface area contributed by atoms with E-state index in [1.807, 2.05) is 48.5 Å². The second kappa shape index (κ2) is 8.70. The van der Waals surface area contributed by atoms with Crippen LogP contribution in [0, 0.1) is 0 Å². The topological polar surface area (TPSA) is 39.4 Å². The van der Waals surface area contributed by atoms with Gasteiger partial charge in [-0.15, -0.1) is 45.3 Å². The molecule has 7 aromatic rings. The average Bonchev–Trinajstić information content (AvgIpc) is 3.71. The Hall–Kier alpha value is -3.36. The van der Waals surface area contributed by atoms with Crippen LogP contribution in [0.3, 0.4) is 0 Å². The summed E-state index contributed by atoms with van der Waals surface area (Å²) in [5.74, 6) is 5.26. The average molecular weight is 529 g/mol. The van der Waals surface area contributed by atoms with Crippen LogP contribution in [-0.4, -0.2) is 0 Å². The highest BCUT2D eigenvalue weighted by molar-refractivity contribution is 7.19. The molecule has 0 unspecified atom stereocenters. The molecule has 170 valence electrons.